The summed E-state index contributed by atoms with van der Waals surface area (Å²) in [5.74, 6) is -0.114. The summed E-state index contributed by atoms with van der Waals surface area (Å²) in [5, 5.41) is 2.92. The molecule has 0 unspecified atom stereocenters. The lowest BCUT2D eigenvalue weighted by molar-refractivity contribution is -0.113. The van der Waals surface area contributed by atoms with Crippen LogP contribution in [0, 0.1) is 13.8 Å². The van der Waals surface area contributed by atoms with E-state index in [1.807, 2.05) is 26.0 Å². The molecule has 1 aromatic rings. The van der Waals surface area contributed by atoms with Gasteiger partial charge in [0.15, 0.2) is 0 Å². The minimum absolute atomic E-state index is 0.0671. The van der Waals surface area contributed by atoms with E-state index in [-0.39, 0.29) is 16.9 Å². The van der Waals surface area contributed by atoms with Gasteiger partial charge in [-0.3, -0.25) is 9.00 Å². The predicted octanol–water partition coefficient (Wildman–Crippen LogP) is 2.17. The van der Waals surface area contributed by atoms with Crippen LogP contribution in [0.1, 0.15) is 24.0 Å². The Morgan fingerprint density at radius 1 is 1.25 bits per heavy atom. The minimum atomic E-state index is -1.11. The molecule has 5 heteroatoms. The van der Waals surface area contributed by atoms with E-state index in [0.29, 0.717) is 13.2 Å². The third-order valence-corrected chi connectivity index (χ3v) is 5.08. The highest BCUT2D eigenvalue weighted by Crippen LogP contribution is 2.16. The van der Waals surface area contributed by atoms with Gasteiger partial charge in [-0.2, -0.15) is 0 Å². The summed E-state index contributed by atoms with van der Waals surface area (Å²) >= 11 is 0. The molecule has 1 aromatic carbocycles. The van der Waals surface area contributed by atoms with Gasteiger partial charge in [0.05, 0.1) is 0 Å². The van der Waals surface area contributed by atoms with Gasteiger partial charge in [0.2, 0.25) is 5.91 Å². The highest BCUT2D eigenvalue weighted by molar-refractivity contribution is 7.86. The van der Waals surface area contributed by atoms with Crippen molar-refractivity contribution in [1.29, 1.82) is 0 Å². The van der Waals surface area contributed by atoms with Crippen molar-refractivity contribution in [2.75, 3.05) is 24.3 Å². The summed E-state index contributed by atoms with van der Waals surface area (Å²) in [5.41, 5.74) is 2.98. The van der Waals surface area contributed by atoms with Gasteiger partial charge in [-0.1, -0.05) is 6.07 Å². The Morgan fingerprint density at radius 3 is 2.45 bits per heavy atom. The normalized spacial score (nSPS) is 17.7. The number of hydrogen-bond donors (Lipinski definition) is 1. The SMILES string of the molecule is Cc1cc(C)cc(NC(=O)C[S@](=O)C2CCOCC2)c1. The lowest BCUT2D eigenvalue weighted by Gasteiger charge is -2.21. The molecule has 0 radical (unpaired) electrons. The Labute approximate surface area is 122 Å². The Morgan fingerprint density at radius 2 is 1.85 bits per heavy atom. The number of carbonyl (C=O) groups excluding carboxylic acids is 1. The highest BCUT2D eigenvalue weighted by Gasteiger charge is 2.22. The molecule has 0 bridgehead atoms. The van der Waals surface area contributed by atoms with E-state index in [1.54, 1.807) is 0 Å². The summed E-state index contributed by atoms with van der Waals surface area (Å²) in [6.45, 7) is 5.27. The largest absolute Gasteiger partial charge is 0.381 e. The van der Waals surface area contributed by atoms with Gasteiger partial charge in [0.25, 0.3) is 0 Å². The topological polar surface area (TPSA) is 55.4 Å². The van der Waals surface area contributed by atoms with Crippen LogP contribution in [0.15, 0.2) is 18.2 Å². The maximum Gasteiger partial charge on any atom is 0.237 e. The van der Waals surface area contributed by atoms with E-state index in [4.69, 9.17) is 4.74 Å². The zero-order valence-electron chi connectivity index (χ0n) is 12.0. The average molecular weight is 295 g/mol. The number of rotatable bonds is 4. The van der Waals surface area contributed by atoms with Crippen LogP contribution in [0.25, 0.3) is 0 Å². The number of ether oxygens (including phenoxy) is 1. The van der Waals surface area contributed by atoms with Crippen molar-refractivity contribution in [3.63, 3.8) is 0 Å². The summed E-state index contributed by atoms with van der Waals surface area (Å²) in [6, 6.07) is 5.89. The minimum Gasteiger partial charge on any atom is -0.381 e. The van der Waals surface area contributed by atoms with Gasteiger partial charge in [0, 0.05) is 35.0 Å². The van der Waals surface area contributed by atoms with E-state index in [9.17, 15) is 9.00 Å². The van der Waals surface area contributed by atoms with Crippen molar-refractivity contribution < 1.29 is 13.7 Å². The van der Waals surface area contributed by atoms with Crippen LogP contribution in [0.3, 0.4) is 0 Å². The van der Waals surface area contributed by atoms with Gasteiger partial charge in [-0.25, -0.2) is 0 Å². The van der Waals surface area contributed by atoms with Crippen LogP contribution in [-0.4, -0.2) is 34.3 Å². The van der Waals surface area contributed by atoms with Gasteiger partial charge < -0.3 is 10.1 Å². The Hall–Kier alpha value is -1.20. The van der Waals surface area contributed by atoms with Crippen LogP contribution >= 0.6 is 0 Å². The molecule has 1 amide bonds. The number of carbonyl (C=O) groups is 1. The Bertz CT molecular complexity index is 490. The average Bonchev–Trinajstić information content (AvgIpc) is 2.38. The molecule has 1 atom stereocenters. The van der Waals surface area contributed by atoms with Crippen molar-refractivity contribution in [3.8, 4) is 0 Å². The molecule has 1 aliphatic heterocycles. The van der Waals surface area contributed by atoms with Gasteiger partial charge in [0.1, 0.15) is 5.75 Å². The van der Waals surface area contributed by atoms with Crippen molar-refractivity contribution in [1.82, 2.24) is 0 Å². The lowest BCUT2D eigenvalue weighted by atomic mass is 10.1. The first-order valence-electron chi connectivity index (χ1n) is 6.87. The molecule has 1 N–H and O–H groups in total. The van der Waals surface area contributed by atoms with Gasteiger partial charge >= 0.3 is 0 Å². The van der Waals surface area contributed by atoms with E-state index in [1.165, 1.54) is 0 Å². The van der Waals surface area contributed by atoms with Crippen molar-refractivity contribution >= 4 is 22.4 Å². The third kappa shape index (κ3) is 4.42. The molecule has 0 spiro atoms. The highest BCUT2D eigenvalue weighted by atomic mass is 32.2. The maximum atomic E-state index is 12.1. The van der Waals surface area contributed by atoms with Crippen molar-refractivity contribution in [3.05, 3.63) is 29.3 Å². The van der Waals surface area contributed by atoms with E-state index < -0.39 is 10.8 Å². The maximum absolute atomic E-state index is 12.1. The zero-order valence-corrected chi connectivity index (χ0v) is 12.8. The van der Waals surface area contributed by atoms with Crippen LogP contribution < -0.4 is 5.32 Å². The molecule has 2 rings (SSSR count). The fourth-order valence-electron chi connectivity index (χ4n) is 2.43. The molecule has 0 aliphatic carbocycles. The molecule has 4 nitrogen and oxygen atoms in total. The molecule has 0 aromatic heterocycles. The molecule has 110 valence electrons. The van der Waals surface area contributed by atoms with Crippen LogP contribution in [0.2, 0.25) is 0 Å². The number of anilines is 1. The summed E-state index contributed by atoms with van der Waals surface area (Å²) in [7, 11) is -1.11. The first-order chi connectivity index (χ1) is 9.54. The first-order valence-corrected chi connectivity index (χ1v) is 8.26. The smallest absolute Gasteiger partial charge is 0.237 e. The summed E-state index contributed by atoms with van der Waals surface area (Å²) < 4.78 is 17.4. The molecule has 1 aliphatic rings. The molecule has 0 saturated carbocycles. The molecule has 1 saturated heterocycles. The Kier molecular flexibility index (Phi) is 5.31. The fourth-order valence-corrected chi connectivity index (χ4v) is 3.71. The number of amides is 1. The van der Waals surface area contributed by atoms with Crippen LogP contribution in [0.5, 0.6) is 0 Å². The van der Waals surface area contributed by atoms with Crippen LogP contribution in [0.4, 0.5) is 5.69 Å². The molecule has 1 fully saturated rings. The summed E-state index contributed by atoms with van der Waals surface area (Å²) in [4.78, 5) is 12.0. The number of aryl methyl sites for hydroxylation is 2. The van der Waals surface area contributed by atoms with E-state index >= 15 is 0 Å². The predicted molar refractivity (Wildman–Crippen MR) is 81.4 cm³/mol. The molecule has 1 heterocycles. The zero-order chi connectivity index (χ0) is 14.5. The van der Waals surface area contributed by atoms with Crippen molar-refractivity contribution in [2.24, 2.45) is 0 Å². The van der Waals surface area contributed by atoms with Gasteiger partial charge in [-0.15, -0.1) is 0 Å². The second-order valence-electron chi connectivity index (χ2n) is 5.26. The molecular formula is C15H21NO3S. The molecule has 20 heavy (non-hydrogen) atoms. The standard InChI is InChI=1S/C15H21NO3S/c1-11-7-12(2)9-13(8-11)16-15(17)10-20(18)14-3-5-19-6-4-14/h7-9,14H,3-6,10H2,1-2H3,(H,16,17)/t20-/m0/s1. The van der Waals surface area contributed by atoms with E-state index in [0.717, 1.165) is 29.7 Å². The third-order valence-electron chi connectivity index (χ3n) is 3.32. The molecular weight excluding hydrogens is 274 g/mol. The van der Waals surface area contributed by atoms with Crippen LogP contribution in [-0.2, 0) is 20.3 Å². The first kappa shape index (κ1) is 15.2. The second-order valence-corrected chi connectivity index (χ2v) is 6.98. The number of benzene rings is 1. The Balaban J connectivity index is 1.89. The second kappa shape index (κ2) is 6.99. The lowest BCUT2D eigenvalue weighted by Crippen LogP contribution is -2.30. The van der Waals surface area contributed by atoms with Gasteiger partial charge in [-0.05, 0) is 49.9 Å². The van der Waals surface area contributed by atoms with E-state index in [2.05, 4.69) is 11.4 Å². The number of nitrogens with one attached hydrogen (secondary N) is 1. The quantitative estimate of drug-likeness (QED) is 0.926. The summed E-state index contributed by atoms with van der Waals surface area (Å²) in [6.07, 6.45) is 1.56. The monoisotopic (exact) mass is 295 g/mol. The fraction of sp³-hybridized carbons (Fsp3) is 0.533. The van der Waals surface area contributed by atoms with Crippen molar-refractivity contribution in [2.45, 2.75) is 31.9 Å². The number of hydrogen-bond acceptors (Lipinski definition) is 3.